The quantitative estimate of drug-likeness (QED) is 0.937. The Morgan fingerprint density at radius 2 is 1.92 bits per heavy atom. The van der Waals surface area contributed by atoms with Crippen LogP contribution in [0.1, 0.15) is 19.4 Å². The average molecular weight is 328 g/mol. The lowest BCUT2D eigenvalue weighted by Crippen LogP contribution is -2.51. The fraction of sp³-hybridized carbons (Fsp3) is 0.471. The van der Waals surface area contributed by atoms with E-state index in [1.807, 2.05) is 24.0 Å². The van der Waals surface area contributed by atoms with E-state index in [1.54, 1.807) is 23.1 Å². The average Bonchev–Trinajstić information content (AvgIpc) is 3.03. The summed E-state index contributed by atoms with van der Waals surface area (Å²) in [5.41, 5.74) is 1.09. The minimum Gasteiger partial charge on any atom is -0.322 e. The molecule has 7 heteroatoms. The summed E-state index contributed by atoms with van der Waals surface area (Å²) >= 11 is 0. The van der Waals surface area contributed by atoms with Crippen molar-refractivity contribution in [3.63, 3.8) is 0 Å². The highest BCUT2D eigenvalue weighted by Gasteiger charge is 2.23. The van der Waals surface area contributed by atoms with Crippen LogP contribution in [0.2, 0.25) is 0 Å². The highest BCUT2D eigenvalue weighted by Crippen LogP contribution is 2.15. The number of pyridine rings is 1. The Hall–Kier alpha value is -2.41. The van der Waals surface area contributed by atoms with Crippen molar-refractivity contribution in [3.8, 4) is 5.82 Å². The predicted octanol–water partition coefficient (Wildman–Crippen LogP) is 2.13. The van der Waals surface area contributed by atoms with Crippen LogP contribution in [-0.2, 0) is 0 Å². The summed E-state index contributed by atoms with van der Waals surface area (Å²) in [7, 11) is 0. The van der Waals surface area contributed by atoms with Crippen molar-refractivity contribution in [2.45, 2.75) is 26.8 Å². The Balaban J connectivity index is 1.67. The first-order valence-corrected chi connectivity index (χ1v) is 8.31. The molecule has 128 valence electrons. The van der Waals surface area contributed by atoms with E-state index in [4.69, 9.17) is 0 Å². The highest BCUT2D eigenvalue weighted by atomic mass is 16.2. The second-order valence-corrected chi connectivity index (χ2v) is 6.37. The first-order valence-electron chi connectivity index (χ1n) is 8.31. The van der Waals surface area contributed by atoms with Crippen molar-refractivity contribution >= 4 is 11.8 Å². The Bertz CT molecular complexity index is 703. The molecular weight excluding hydrogens is 304 g/mol. The number of aromatic nitrogens is 3. The lowest BCUT2D eigenvalue weighted by Gasteiger charge is -2.36. The first kappa shape index (κ1) is 16.4. The van der Waals surface area contributed by atoms with Crippen LogP contribution in [0.4, 0.5) is 10.6 Å². The van der Waals surface area contributed by atoms with E-state index in [1.165, 1.54) is 0 Å². The second-order valence-electron chi connectivity index (χ2n) is 6.37. The lowest BCUT2D eigenvalue weighted by molar-refractivity contribution is 0.125. The van der Waals surface area contributed by atoms with Crippen molar-refractivity contribution in [2.75, 3.05) is 31.5 Å². The van der Waals surface area contributed by atoms with Crippen molar-refractivity contribution in [1.29, 1.82) is 0 Å². The molecule has 3 heterocycles. The molecule has 24 heavy (non-hydrogen) atoms. The Morgan fingerprint density at radius 1 is 1.17 bits per heavy atom. The van der Waals surface area contributed by atoms with Crippen molar-refractivity contribution in [1.82, 2.24) is 24.6 Å². The number of hydrogen-bond donors (Lipinski definition) is 1. The first-order chi connectivity index (χ1) is 11.5. The van der Waals surface area contributed by atoms with Crippen molar-refractivity contribution < 1.29 is 4.79 Å². The van der Waals surface area contributed by atoms with Gasteiger partial charge in [-0.05, 0) is 38.5 Å². The molecule has 0 saturated carbocycles. The number of carbonyl (C=O) groups excluding carboxylic acids is 1. The molecule has 0 radical (unpaired) electrons. The molecule has 2 aromatic heterocycles. The highest BCUT2D eigenvalue weighted by molar-refractivity contribution is 5.88. The monoisotopic (exact) mass is 328 g/mol. The maximum atomic E-state index is 12.5. The zero-order chi connectivity index (χ0) is 17.1. The smallest absolute Gasteiger partial charge is 0.322 e. The van der Waals surface area contributed by atoms with Gasteiger partial charge in [0.05, 0.1) is 6.20 Å². The molecule has 0 aliphatic carbocycles. The van der Waals surface area contributed by atoms with Crippen LogP contribution in [-0.4, -0.2) is 62.8 Å². The number of nitrogens with zero attached hydrogens (tertiary/aromatic N) is 5. The normalized spacial score (nSPS) is 15.8. The third-order valence-corrected chi connectivity index (χ3v) is 4.33. The number of piperazine rings is 1. The van der Waals surface area contributed by atoms with E-state index in [-0.39, 0.29) is 6.03 Å². The van der Waals surface area contributed by atoms with Gasteiger partial charge in [-0.15, -0.1) is 0 Å². The third kappa shape index (κ3) is 3.56. The molecule has 0 spiro atoms. The van der Waals surface area contributed by atoms with Crippen LogP contribution in [0, 0.1) is 6.92 Å². The summed E-state index contributed by atoms with van der Waals surface area (Å²) in [4.78, 5) is 21.1. The fourth-order valence-electron chi connectivity index (χ4n) is 2.85. The van der Waals surface area contributed by atoms with Gasteiger partial charge >= 0.3 is 6.03 Å². The molecule has 1 saturated heterocycles. The van der Waals surface area contributed by atoms with Crippen molar-refractivity contribution in [2.24, 2.45) is 0 Å². The molecule has 2 amide bonds. The largest absolute Gasteiger partial charge is 0.323 e. The molecule has 1 aliphatic rings. The second kappa shape index (κ2) is 7.00. The zero-order valence-electron chi connectivity index (χ0n) is 14.4. The number of anilines is 1. The SMILES string of the molecule is Cc1ccnc(-n2nccc2NC(=O)N2CCN(C(C)C)CC2)c1. The topological polar surface area (TPSA) is 66.3 Å². The predicted molar refractivity (Wildman–Crippen MR) is 93.4 cm³/mol. The van der Waals surface area contributed by atoms with Gasteiger partial charge in [0.2, 0.25) is 0 Å². The standard InChI is InChI=1S/C17H24N6O/c1-13(2)21-8-10-22(11-9-21)17(24)20-15-5-7-19-23(15)16-12-14(3)4-6-18-16/h4-7,12-13H,8-11H2,1-3H3,(H,20,24). The van der Waals surface area contributed by atoms with E-state index in [0.717, 1.165) is 31.7 Å². The number of rotatable bonds is 3. The number of aryl methyl sites for hydroxylation is 1. The van der Waals surface area contributed by atoms with Gasteiger partial charge in [0.1, 0.15) is 5.82 Å². The van der Waals surface area contributed by atoms with Gasteiger partial charge in [-0.1, -0.05) is 0 Å². The van der Waals surface area contributed by atoms with E-state index >= 15 is 0 Å². The van der Waals surface area contributed by atoms with Gasteiger partial charge in [-0.2, -0.15) is 9.78 Å². The Labute approximate surface area is 142 Å². The van der Waals surface area contributed by atoms with E-state index in [9.17, 15) is 4.79 Å². The van der Waals surface area contributed by atoms with E-state index in [0.29, 0.717) is 17.7 Å². The number of nitrogens with one attached hydrogen (secondary N) is 1. The summed E-state index contributed by atoms with van der Waals surface area (Å²) in [6, 6.07) is 6.08. The summed E-state index contributed by atoms with van der Waals surface area (Å²) in [5.74, 6) is 1.32. The number of hydrogen-bond acceptors (Lipinski definition) is 4. The van der Waals surface area contributed by atoms with E-state index < -0.39 is 0 Å². The molecule has 7 nitrogen and oxygen atoms in total. The molecule has 2 aromatic rings. The summed E-state index contributed by atoms with van der Waals surface area (Å²) in [5, 5.41) is 7.22. The molecular formula is C17H24N6O. The minimum atomic E-state index is -0.0900. The van der Waals surface area contributed by atoms with Crippen LogP contribution >= 0.6 is 0 Å². The van der Waals surface area contributed by atoms with Gasteiger partial charge in [-0.3, -0.25) is 10.2 Å². The Morgan fingerprint density at radius 3 is 2.58 bits per heavy atom. The molecule has 1 N–H and O–H groups in total. The molecule has 0 aromatic carbocycles. The van der Waals surface area contributed by atoms with Crippen LogP contribution < -0.4 is 5.32 Å². The zero-order valence-corrected chi connectivity index (χ0v) is 14.4. The fourth-order valence-corrected chi connectivity index (χ4v) is 2.85. The molecule has 0 unspecified atom stereocenters. The van der Waals surface area contributed by atoms with Crippen LogP contribution in [0.15, 0.2) is 30.6 Å². The van der Waals surface area contributed by atoms with E-state index in [2.05, 4.69) is 34.1 Å². The summed E-state index contributed by atoms with van der Waals surface area (Å²) in [6.07, 6.45) is 3.40. The van der Waals surface area contributed by atoms with Crippen LogP contribution in [0.25, 0.3) is 5.82 Å². The summed E-state index contributed by atoms with van der Waals surface area (Å²) in [6.45, 7) is 9.66. The third-order valence-electron chi connectivity index (χ3n) is 4.33. The molecule has 0 bridgehead atoms. The van der Waals surface area contributed by atoms with Gasteiger partial charge in [0, 0.05) is 44.5 Å². The van der Waals surface area contributed by atoms with Crippen molar-refractivity contribution in [3.05, 3.63) is 36.2 Å². The Kier molecular flexibility index (Phi) is 4.80. The summed E-state index contributed by atoms with van der Waals surface area (Å²) < 4.78 is 1.65. The maximum Gasteiger partial charge on any atom is 0.323 e. The van der Waals surface area contributed by atoms with Gasteiger partial charge < -0.3 is 4.90 Å². The van der Waals surface area contributed by atoms with Gasteiger partial charge in [-0.25, -0.2) is 9.78 Å². The molecule has 3 rings (SSSR count). The lowest BCUT2D eigenvalue weighted by atomic mass is 10.2. The van der Waals surface area contributed by atoms with Crippen LogP contribution in [0.3, 0.4) is 0 Å². The minimum absolute atomic E-state index is 0.0900. The van der Waals surface area contributed by atoms with Gasteiger partial charge in [0.25, 0.3) is 0 Å². The molecule has 1 aliphatic heterocycles. The van der Waals surface area contributed by atoms with Gasteiger partial charge in [0.15, 0.2) is 5.82 Å². The number of amides is 2. The maximum absolute atomic E-state index is 12.5. The molecule has 1 fully saturated rings. The number of carbonyl (C=O) groups is 1. The van der Waals surface area contributed by atoms with Crippen LogP contribution in [0.5, 0.6) is 0 Å². The number of urea groups is 1. The molecule has 0 atom stereocenters.